The molecule has 9 aromatic rings. The maximum Gasteiger partial charge on any atom is 0.0627 e. The van der Waals surface area contributed by atoms with Gasteiger partial charge < -0.3 is 4.40 Å². The Hall–Kier alpha value is -4.62. The highest BCUT2D eigenvalue weighted by Gasteiger charge is 2.24. The van der Waals surface area contributed by atoms with Gasteiger partial charge in [0.05, 0.1) is 16.6 Å². The zero-order valence-corrected chi connectivity index (χ0v) is 18.9. The SMILES string of the molecule is c1ccc2cc(-c3cc4c5ccccc5n5c6cccc7c8ccccc8c3c(c76)c45)ccc2c1. The molecule has 0 aliphatic heterocycles. The minimum atomic E-state index is 1.27. The van der Waals surface area contributed by atoms with Gasteiger partial charge in [0.25, 0.3) is 0 Å². The lowest BCUT2D eigenvalue weighted by Crippen LogP contribution is -1.87. The smallest absolute Gasteiger partial charge is 0.0627 e. The number of hydrogen-bond donors (Lipinski definition) is 0. The van der Waals surface area contributed by atoms with Crippen molar-refractivity contribution >= 4 is 70.4 Å². The molecule has 7 aromatic carbocycles. The number of nitrogens with zero attached hydrogens (tertiary/aromatic N) is 1. The Morgan fingerprint density at radius 2 is 1.09 bits per heavy atom. The van der Waals surface area contributed by atoms with Gasteiger partial charge in [-0.3, -0.25) is 0 Å². The Kier molecular flexibility index (Phi) is 3.09. The minimum Gasteiger partial charge on any atom is -0.308 e. The van der Waals surface area contributed by atoms with E-state index in [1.54, 1.807) is 0 Å². The lowest BCUT2D eigenvalue weighted by atomic mass is 9.88. The molecule has 0 aliphatic carbocycles. The zero-order chi connectivity index (χ0) is 22.7. The average molecular weight is 442 g/mol. The Morgan fingerprint density at radius 1 is 0.400 bits per heavy atom. The molecular formula is C34H19N. The van der Waals surface area contributed by atoms with Crippen LogP contribution < -0.4 is 0 Å². The van der Waals surface area contributed by atoms with Crippen LogP contribution in [0.25, 0.3) is 81.5 Å². The molecule has 0 aliphatic rings. The second-order valence-corrected chi connectivity index (χ2v) is 9.73. The molecule has 160 valence electrons. The van der Waals surface area contributed by atoms with E-state index in [-0.39, 0.29) is 0 Å². The van der Waals surface area contributed by atoms with Gasteiger partial charge in [0.15, 0.2) is 0 Å². The second kappa shape index (κ2) is 6.08. The van der Waals surface area contributed by atoms with Gasteiger partial charge in [-0.1, -0.05) is 91.0 Å². The molecule has 0 N–H and O–H groups in total. The van der Waals surface area contributed by atoms with Crippen LogP contribution in [-0.2, 0) is 0 Å². The fourth-order valence-electron chi connectivity index (χ4n) is 6.63. The summed E-state index contributed by atoms with van der Waals surface area (Å²) in [6.45, 7) is 0. The number of rotatable bonds is 1. The average Bonchev–Trinajstić information content (AvgIpc) is 3.44. The molecular weight excluding hydrogens is 422 g/mol. The molecule has 0 spiro atoms. The van der Waals surface area contributed by atoms with Gasteiger partial charge in [-0.05, 0) is 62.3 Å². The summed E-state index contributed by atoms with van der Waals surface area (Å²) in [5, 5.41) is 13.4. The first-order valence-electron chi connectivity index (χ1n) is 12.2. The minimum absolute atomic E-state index is 1.27. The Bertz CT molecular complexity index is 2260. The van der Waals surface area contributed by atoms with Crippen molar-refractivity contribution in [1.29, 1.82) is 0 Å². The van der Waals surface area contributed by atoms with Gasteiger partial charge in [0, 0.05) is 26.9 Å². The van der Waals surface area contributed by atoms with Crippen molar-refractivity contribution in [3.05, 3.63) is 115 Å². The van der Waals surface area contributed by atoms with Gasteiger partial charge in [-0.15, -0.1) is 0 Å². The Morgan fingerprint density at radius 3 is 2.00 bits per heavy atom. The quantitative estimate of drug-likeness (QED) is 0.223. The molecule has 0 radical (unpaired) electrons. The van der Waals surface area contributed by atoms with Crippen LogP contribution in [0.1, 0.15) is 0 Å². The molecule has 9 rings (SSSR count). The zero-order valence-electron chi connectivity index (χ0n) is 18.9. The molecule has 0 bridgehead atoms. The van der Waals surface area contributed by atoms with E-state index in [9.17, 15) is 0 Å². The van der Waals surface area contributed by atoms with Crippen LogP contribution in [0, 0.1) is 0 Å². The molecule has 0 saturated carbocycles. The third-order valence-electron chi connectivity index (χ3n) is 8.04. The lowest BCUT2D eigenvalue weighted by Gasteiger charge is -2.14. The van der Waals surface area contributed by atoms with Crippen LogP contribution in [0.3, 0.4) is 0 Å². The highest BCUT2D eigenvalue weighted by molar-refractivity contribution is 6.41. The van der Waals surface area contributed by atoms with Gasteiger partial charge in [-0.2, -0.15) is 0 Å². The van der Waals surface area contributed by atoms with E-state index in [0.717, 1.165) is 0 Å². The van der Waals surface area contributed by atoms with Crippen LogP contribution in [-0.4, -0.2) is 4.40 Å². The third kappa shape index (κ3) is 2.06. The van der Waals surface area contributed by atoms with E-state index in [0.29, 0.717) is 0 Å². The summed E-state index contributed by atoms with van der Waals surface area (Å²) >= 11 is 0. The number of hydrogen-bond acceptors (Lipinski definition) is 0. The largest absolute Gasteiger partial charge is 0.308 e. The molecule has 0 unspecified atom stereocenters. The second-order valence-electron chi connectivity index (χ2n) is 9.73. The van der Waals surface area contributed by atoms with Crippen LogP contribution in [0.5, 0.6) is 0 Å². The van der Waals surface area contributed by atoms with E-state index in [1.165, 1.54) is 81.5 Å². The summed E-state index contributed by atoms with van der Waals surface area (Å²) < 4.78 is 2.50. The van der Waals surface area contributed by atoms with E-state index in [2.05, 4.69) is 120 Å². The van der Waals surface area contributed by atoms with Gasteiger partial charge in [0.1, 0.15) is 0 Å². The van der Waals surface area contributed by atoms with Crippen LogP contribution in [0.4, 0.5) is 0 Å². The molecule has 0 atom stereocenters. The first kappa shape index (κ1) is 17.8. The molecule has 0 saturated heterocycles. The molecule has 1 heteroatoms. The Labute approximate surface area is 201 Å². The summed E-state index contributed by atoms with van der Waals surface area (Å²) in [5.74, 6) is 0. The highest BCUT2D eigenvalue weighted by Crippen LogP contribution is 2.50. The molecule has 2 aromatic heterocycles. The lowest BCUT2D eigenvalue weighted by molar-refractivity contribution is 1.37. The normalized spacial score (nSPS) is 12.6. The number of para-hydroxylation sites is 1. The molecule has 1 nitrogen and oxygen atoms in total. The number of aromatic nitrogens is 1. The van der Waals surface area contributed by atoms with Crippen LogP contribution >= 0.6 is 0 Å². The fourth-order valence-corrected chi connectivity index (χ4v) is 6.63. The fraction of sp³-hybridized carbons (Fsp3) is 0. The van der Waals surface area contributed by atoms with Gasteiger partial charge in [0.2, 0.25) is 0 Å². The van der Waals surface area contributed by atoms with Crippen molar-refractivity contribution in [1.82, 2.24) is 4.40 Å². The summed E-state index contributed by atoms with van der Waals surface area (Å²) in [6, 6.07) is 42.6. The standard InChI is InChI=1S/C34H19N/c1-2-9-21-18-22(17-16-20(21)8-1)27-19-28-24-11-5-6-14-29(24)35-30-15-7-13-26-23-10-3-4-12-25(23)31(27)33(32(26)30)34(28)35/h1-19H. The van der Waals surface area contributed by atoms with E-state index < -0.39 is 0 Å². The van der Waals surface area contributed by atoms with Crippen LogP contribution in [0.2, 0.25) is 0 Å². The first-order chi connectivity index (χ1) is 17.4. The van der Waals surface area contributed by atoms with Gasteiger partial charge >= 0.3 is 0 Å². The monoisotopic (exact) mass is 441 g/mol. The van der Waals surface area contributed by atoms with E-state index >= 15 is 0 Å². The van der Waals surface area contributed by atoms with E-state index in [4.69, 9.17) is 0 Å². The maximum absolute atomic E-state index is 2.50. The topological polar surface area (TPSA) is 4.41 Å². The number of fused-ring (bicyclic) bond motifs is 8. The number of benzene rings is 7. The highest BCUT2D eigenvalue weighted by atomic mass is 14.9. The molecule has 0 fully saturated rings. The van der Waals surface area contributed by atoms with Crippen molar-refractivity contribution in [2.45, 2.75) is 0 Å². The van der Waals surface area contributed by atoms with Gasteiger partial charge in [-0.25, -0.2) is 0 Å². The van der Waals surface area contributed by atoms with Crippen molar-refractivity contribution in [3.63, 3.8) is 0 Å². The van der Waals surface area contributed by atoms with Crippen molar-refractivity contribution in [3.8, 4) is 11.1 Å². The van der Waals surface area contributed by atoms with Crippen molar-refractivity contribution < 1.29 is 0 Å². The van der Waals surface area contributed by atoms with Crippen LogP contribution in [0.15, 0.2) is 115 Å². The Balaban J connectivity index is 1.63. The third-order valence-corrected chi connectivity index (χ3v) is 8.04. The predicted molar refractivity (Wildman–Crippen MR) is 150 cm³/mol. The van der Waals surface area contributed by atoms with Crippen molar-refractivity contribution in [2.75, 3.05) is 0 Å². The summed E-state index contributed by atoms with van der Waals surface area (Å²) in [7, 11) is 0. The first-order valence-corrected chi connectivity index (χ1v) is 12.2. The summed E-state index contributed by atoms with van der Waals surface area (Å²) in [5.41, 5.74) is 6.53. The summed E-state index contributed by atoms with van der Waals surface area (Å²) in [6.07, 6.45) is 0. The molecule has 0 amide bonds. The van der Waals surface area contributed by atoms with E-state index in [1.807, 2.05) is 0 Å². The maximum atomic E-state index is 2.50. The predicted octanol–water partition coefficient (Wildman–Crippen LogP) is 9.40. The van der Waals surface area contributed by atoms with Crippen molar-refractivity contribution in [2.24, 2.45) is 0 Å². The molecule has 35 heavy (non-hydrogen) atoms. The summed E-state index contributed by atoms with van der Waals surface area (Å²) in [4.78, 5) is 0. The molecule has 2 heterocycles.